The predicted molar refractivity (Wildman–Crippen MR) is 103 cm³/mol. The molecule has 3 N–H and O–H groups in total. The number of nitrogens with two attached hydrogens (primary N) is 1. The van der Waals surface area contributed by atoms with Crippen LogP contribution in [0.15, 0.2) is 18.2 Å². The number of hydrogen-bond donors (Lipinski definition) is 2. The standard InChI is InChI=1S/C21H32N2O3/c1-4-7-17-18-13-16(26-21(25)19(23-3)8-6-11-24)10-9-15(18)12-14(5-2)20(17)22/h9-11,13-14,17,19-20,23H,4-8,12,22H2,1-3H3/t14-,17+,19-,20-/m0/s1. The van der Waals surface area contributed by atoms with E-state index in [0.29, 0.717) is 30.4 Å². The first-order valence-corrected chi connectivity index (χ1v) is 9.76. The summed E-state index contributed by atoms with van der Waals surface area (Å²) in [6.07, 6.45) is 5.77. The van der Waals surface area contributed by atoms with Crippen molar-refractivity contribution in [3.63, 3.8) is 0 Å². The second-order valence-corrected chi connectivity index (χ2v) is 7.21. The summed E-state index contributed by atoms with van der Waals surface area (Å²) < 4.78 is 5.59. The van der Waals surface area contributed by atoms with Crippen molar-refractivity contribution in [1.29, 1.82) is 0 Å². The number of benzene rings is 1. The van der Waals surface area contributed by atoms with Crippen LogP contribution in [-0.2, 0) is 16.0 Å². The van der Waals surface area contributed by atoms with Crippen molar-refractivity contribution in [2.24, 2.45) is 11.7 Å². The maximum atomic E-state index is 12.4. The van der Waals surface area contributed by atoms with E-state index in [4.69, 9.17) is 10.5 Å². The van der Waals surface area contributed by atoms with Gasteiger partial charge in [-0.15, -0.1) is 0 Å². The number of carbonyl (C=O) groups is 2. The van der Waals surface area contributed by atoms with Gasteiger partial charge in [-0.2, -0.15) is 0 Å². The van der Waals surface area contributed by atoms with Gasteiger partial charge in [0.15, 0.2) is 0 Å². The van der Waals surface area contributed by atoms with Crippen molar-refractivity contribution in [2.75, 3.05) is 7.05 Å². The third-order valence-electron chi connectivity index (χ3n) is 5.56. The number of rotatable bonds is 9. The lowest BCUT2D eigenvalue weighted by molar-refractivity contribution is -0.136. The highest BCUT2D eigenvalue weighted by molar-refractivity contribution is 5.78. The second kappa shape index (κ2) is 9.83. The average molecular weight is 360 g/mol. The van der Waals surface area contributed by atoms with E-state index < -0.39 is 6.04 Å². The van der Waals surface area contributed by atoms with E-state index in [1.807, 2.05) is 12.1 Å². The van der Waals surface area contributed by atoms with E-state index >= 15 is 0 Å². The monoisotopic (exact) mass is 360 g/mol. The van der Waals surface area contributed by atoms with Gasteiger partial charge in [0.05, 0.1) is 0 Å². The molecule has 0 aromatic heterocycles. The van der Waals surface area contributed by atoms with Gasteiger partial charge in [-0.25, -0.2) is 4.79 Å². The first-order chi connectivity index (χ1) is 12.5. The highest BCUT2D eigenvalue weighted by atomic mass is 16.5. The van der Waals surface area contributed by atoms with Crippen molar-refractivity contribution in [2.45, 2.75) is 70.4 Å². The van der Waals surface area contributed by atoms with Crippen molar-refractivity contribution in [3.8, 4) is 5.75 Å². The smallest absolute Gasteiger partial charge is 0.328 e. The maximum Gasteiger partial charge on any atom is 0.328 e. The molecule has 0 radical (unpaired) electrons. The Balaban J connectivity index is 2.21. The van der Waals surface area contributed by atoms with E-state index in [9.17, 15) is 9.59 Å². The number of esters is 1. The van der Waals surface area contributed by atoms with Crippen molar-refractivity contribution >= 4 is 12.3 Å². The molecular weight excluding hydrogens is 328 g/mol. The molecule has 0 aliphatic heterocycles. The molecule has 144 valence electrons. The summed E-state index contributed by atoms with van der Waals surface area (Å²) >= 11 is 0. The fraction of sp³-hybridized carbons (Fsp3) is 0.619. The fourth-order valence-electron chi connectivity index (χ4n) is 4.00. The molecule has 0 amide bonds. The molecule has 5 nitrogen and oxygen atoms in total. The van der Waals surface area contributed by atoms with Gasteiger partial charge in [0.2, 0.25) is 0 Å². The molecule has 5 heteroatoms. The van der Waals surface area contributed by atoms with Crippen LogP contribution < -0.4 is 15.8 Å². The van der Waals surface area contributed by atoms with E-state index in [0.717, 1.165) is 32.0 Å². The Bertz CT molecular complexity index is 617. The van der Waals surface area contributed by atoms with E-state index in [-0.39, 0.29) is 12.0 Å². The summed E-state index contributed by atoms with van der Waals surface area (Å²) in [5.74, 6) is 1.02. The summed E-state index contributed by atoms with van der Waals surface area (Å²) in [6.45, 7) is 4.38. The summed E-state index contributed by atoms with van der Waals surface area (Å²) in [5, 5.41) is 2.92. The highest BCUT2D eigenvalue weighted by Gasteiger charge is 2.33. The quantitative estimate of drug-likeness (QED) is 0.402. The first kappa shape index (κ1) is 20.6. The number of likely N-dealkylation sites (N-methyl/N-ethyl adjacent to an activating group) is 1. The average Bonchev–Trinajstić information content (AvgIpc) is 2.64. The Morgan fingerprint density at radius 1 is 1.42 bits per heavy atom. The molecule has 0 spiro atoms. The summed E-state index contributed by atoms with van der Waals surface area (Å²) in [6, 6.07) is 5.61. The van der Waals surface area contributed by atoms with Crippen molar-refractivity contribution in [1.82, 2.24) is 5.32 Å². The Morgan fingerprint density at radius 3 is 2.81 bits per heavy atom. The first-order valence-electron chi connectivity index (χ1n) is 9.76. The molecule has 1 aliphatic rings. The minimum Gasteiger partial charge on any atom is -0.425 e. The van der Waals surface area contributed by atoms with Crippen LogP contribution in [0.1, 0.15) is 63.0 Å². The zero-order valence-electron chi connectivity index (χ0n) is 16.2. The molecule has 0 saturated heterocycles. The molecular formula is C21H32N2O3. The normalized spacial score (nSPS) is 23.2. The fourth-order valence-corrected chi connectivity index (χ4v) is 4.00. The molecule has 4 atom stereocenters. The lowest BCUT2D eigenvalue weighted by Crippen LogP contribution is -2.41. The highest BCUT2D eigenvalue weighted by Crippen LogP contribution is 2.39. The summed E-state index contributed by atoms with van der Waals surface area (Å²) in [4.78, 5) is 22.9. The van der Waals surface area contributed by atoms with Gasteiger partial charge in [0.25, 0.3) is 0 Å². The Labute approximate surface area is 156 Å². The zero-order valence-corrected chi connectivity index (χ0v) is 16.2. The Kier molecular flexibility index (Phi) is 7.79. The second-order valence-electron chi connectivity index (χ2n) is 7.21. The van der Waals surface area contributed by atoms with Crippen LogP contribution in [-0.4, -0.2) is 31.4 Å². The third kappa shape index (κ3) is 4.71. The molecule has 1 aromatic rings. The van der Waals surface area contributed by atoms with Crippen LogP contribution in [0.2, 0.25) is 0 Å². The molecule has 0 heterocycles. The number of nitrogens with one attached hydrogen (secondary N) is 1. The lowest BCUT2D eigenvalue weighted by Gasteiger charge is -2.37. The summed E-state index contributed by atoms with van der Waals surface area (Å²) in [5.41, 5.74) is 9.11. The number of fused-ring (bicyclic) bond motifs is 1. The van der Waals surface area contributed by atoms with Crippen LogP contribution >= 0.6 is 0 Å². The van der Waals surface area contributed by atoms with Gasteiger partial charge >= 0.3 is 5.97 Å². The minimum absolute atomic E-state index is 0.149. The van der Waals surface area contributed by atoms with Gasteiger partial charge in [0, 0.05) is 12.5 Å². The molecule has 2 rings (SSSR count). The SMILES string of the molecule is CCC[C@@H]1c2cc(OC(=O)[C@H](CCC=O)NC)ccc2C[C@H](CC)[C@@H]1N. The van der Waals surface area contributed by atoms with Crippen LogP contribution in [0.3, 0.4) is 0 Å². The molecule has 26 heavy (non-hydrogen) atoms. The lowest BCUT2D eigenvalue weighted by atomic mass is 9.71. The molecule has 0 saturated carbocycles. The Morgan fingerprint density at radius 2 is 2.19 bits per heavy atom. The maximum absolute atomic E-state index is 12.4. The molecule has 1 aromatic carbocycles. The molecule has 0 unspecified atom stereocenters. The van der Waals surface area contributed by atoms with E-state index in [1.165, 1.54) is 11.1 Å². The van der Waals surface area contributed by atoms with Crippen molar-refractivity contribution < 1.29 is 14.3 Å². The molecule has 0 fully saturated rings. The van der Waals surface area contributed by atoms with Crippen LogP contribution in [0.5, 0.6) is 5.75 Å². The number of ether oxygens (including phenoxy) is 1. The zero-order chi connectivity index (χ0) is 19.1. The van der Waals surface area contributed by atoms with Gasteiger partial charge in [-0.3, -0.25) is 0 Å². The largest absolute Gasteiger partial charge is 0.425 e. The minimum atomic E-state index is -0.477. The third-order valence-corrected chi connectivity index (χ3v) is 5.56. The summed E-state index contributed by atoms with van der Waals surface area (Å²) in [7, 11) is 1.70. The Hall–Kier alpha value is -1.72. The van der Waals surface area contributed by atoms with E-state index in [1.54, 1.807) is 7.05 Å². The number of carbonyl (C=O) groups excluding carboxylic acids is 2. The topological polar surface area (TPSA) is 81.4 Å². The number of hydrogen-bond acceptors (Lipinski definition) is 5. The van der Waals surface area contributed by atoms with Gasteiger partial charge < -0.3 is 20.6 Å². The van der Waals surface area contributed by atoms with Gasteiger partial charge in [-0.05, 0) is 61.4 Å². The van der Waals surface area contributed by atoms with E-state index in [2.05, 4.69) is 25.2 Å². The van der Waals surface area contributed by atoms with Gasteiger partial charge in [-0.1, -0.05) is 32.8 Å². The molecule has 1 aliphatic carbocycles. The van der Waals surface area contributed by atoms with Crippen LogP contribution in [0, 0.1) is 5.92 Å². The van der Waals surface area contributed by atoms with Crippen LogP contribution in [0.4, 0.5) is 0 Å². The number of aldehydes is 1. The van der Waals surface area contributed by atoms with Crippen LogP contribution in [0.25, 0.3) is 0 Å². The predicted octanol–water partition coefficient (Wildman–Crippen LogP) is 2.95. The van der Waals surface area contributed by atoms with Crippen molar-refractivity contribution in [3.05, 3.63) is 29.3 Å². The van der Waals surface area contributed by atoms with Gasteiger partial charge in [0.1, 0.15) is 18.1 Å². The molecule has 0 bridgehead atoms.